The fourth-order valence-electron chi connectivity index (χ4n) is 2.77. The molecule has 0 saturated carbocycles. The van der Waals surface area contributed by atoms with Gasteiger partial charge in [-0.1, -0.05) is 28.1 Å². The highest BCUT2D eigenvalue weighted by Crippen LogP contribution is 2.26. The molecule has 0 aliphatic carbocycles. The number of benzene rings is 2. The zero-order chi connectivity index (χ0) is 17.8. The Bertz CT molecular complexity index is 848. The Labute approximate surface area is 154 Å². The average Bonchev–Trinajstić information content (AvgIpc) is 3.03. The molecule has 25 heavy (non-hydrogen) atoms. The molecule has 1 heterocycles. The molecule has 0 aliphatic heterocycles. The van der Waals surface area contributed by atoms with Crippen molar-refractivity contribution >= 4 is 15.9 Å². The Morgan fingerprint density at radius 1 is 1.24 bits per heavy atom. The predicted octanol–water partition coefficient (Wildman–Crippen LogP) is 4.21. The number of imidazole rings is 1. The lowest BCUT2D eigenvalue weighted by atomic mass is 10.1. The fourth-order valence-corrected chi connectivity index (χ4v) is 3.17. The topological polar surface area (TPSA) is 39.1 Å². The normalized spacial score (nSPS) is 12.2. The van der Waals surface area contributed by atoms with Gasteiger partial charge in [0.05, 0.1) is 13.2 Å². The van der Waals surface area contributed by atoms with Crippen LogP contribution in [0, 0.1) is 5.82 Å². The van der Waals surface area contributed by atoms with Gasteiger partial charge < -0.3 is 9.30 Å². The molecule has 0 amide bonds. The minimum atomic E-state index is -0.254. The summed E-state index contributed by atoms with van der Waals surface area (Å²) in [4.78, 5) is 4.45. The third kappa shape index (κ3) is 4.08. The van der Waals surface area contributed by atoms with Crippen LogP contribution in [0.2, 0.25) is 0 Å². The van der Waals surface area contributed by atoms with Crippen LogP contribution >= 0.6 is 15.9 Å². The number of aromatic nitrogens is 2. The second-order valence-corrected chi connectivity index (χ2v) is 6.63. The maximum Gasteiger partial charge on any atom is 0.130 e. The van der Waals surface area contributed by atoms with Crippen LogP contribution in [0.4, 0.5) is 4.39 Å². The number of rotatable bonds is 6. The van der Waals surface area contributed by atoms with E-state index in [9.17, 15) is 4.39 Å². The first-order valence-corrected chi connectivity index (χ1v) is 8.66. The van der Waals surface area contributed by atoms with Crippen molar-refractivity contribution in [3.05, 3.63) is 82.1 Å². The number of halogens is 2. The van der Waals surface area contributed by atoms with Crippen molar-refractivity contribution in [3.8, 4) is 5.75 Å². The first-order valence-electron chi connectivity index (χ1n) is 7.87. The molecule has 3 rings (SSSR count). The Balaban J connectivity index is 1.90. The summed E-state index contributed by atoms with van der Waals surface area (Å²) in [5.41, 5.74) is 1.97. The molecule has 4 nitrogen and oxygen atoms in total. The summed E-state index contributed by atoms with van der Waals surface area (Å²) < 4.78 is 21.7. The highest BCUT2D eigenvalue weighted by atomic mass is 79.9. The van der Waals surface area contributed by atoms with Crippen molar-refractivity contribution in [1.82, 2.24) is 14.9 Å². The van der Waals surface area contributed by atoms with E-state index in [1.165, 1.54) is 12.1 Å². The minimum Gasteiger partial charge on any atom is -0.496 e. The fraction of sp³-hybridized carbons (Fsp3) is 0.211. The van der Waals surface area contributed by atoms with Crippen molar-refractivity contribution in [2.75, 3.05) is 7.11 Å². The summed E-state index contributed by atoms with van der Waals surface area (Å²) >= 11 is 3.49. The molecular weight excluding hydrogens is 385 g/mol. The third-order valence-electron chi connectivity index (χ3n) is 4.06. The zero-order valence-electron chi connectivity index (χ0n) is 14.0. The van der Waals surface area contributed by atoms with Gasteiger partial charge in [-0.05, 0) is 35.9 Å². The first-order chi connectivity index (χ1) is 12.1. The van der Waals surface area contributed by atoms with E-state index in [0.29, 0.717) is 6.54 Å². The maximum atomic E-state index is 13.3. The molecule has 0 saturated heterocycles. The number of aryl methyl sites for hydroxylation is 1. The summed E-state index contributed by atoms with van der Waals surface area (Å²) in [5.74, 6) is 1.42. The molecule has 2 aromatic carbocycles. The second kappa shape index (κ2) is 7.80. The molecule has 0 bridgehead atoms. The molecule has 1 atom stereocenters. The van der Waals surface area contributed by atoms with Crippen LogP contribution in [-0.4, -0.2) is 16.7 Å². The van der Waals surface area contributed by atoms with Crippen LogP contribution in [0.3, 0.4) is 0 Å². The van der Waals surface area contributed by atoms with Gasteiger partial charge in [-0.25, -0.2) is 9.37 Å². The van der Waals surface area contributed by atoms with Gasteiger partial charge >= 0.3 is 0 Å². The van der Waals surface area contributed by atoms with E-state index in [1.807, 2.05) is 36.0 Å². The van der Waals surface area contributed by atoms with E-state index in [1.54, 1.807) is 25.4 Å². The Hall–Kier alpha value is -2.18. The highest BCUT2D eigenvalue weighted by molar-refractivity contribution is 9.10. The van der Waals surface area contributed by atoms with Gasteiger partial charge in [0.25, 0.3) is 0 Å². The van der Waals surface area contributed by atoms with Gasteiger partial charge in [0, 0.05) is 36.0 Å². The maximum absolute atomic E-state index is 13.3. The van der Waals surface area contributed by atoms with E-state index >= 15 is 0 Å². The van der Waals surface area contributed by atoms with Crippen LogP contribution in [0.25, 0.3) is 0 Å². The number of hydrogen-bond donors (Lipinski definition) is 1. The van der Waals surface area contributed by atoms with Crippen molar-refractivity contribution in [1.29, 1.82) is 0 Å². The van der Waals surface area contributed by atoms with Crippen LogP contribution in [0.1, 0.15) is 23.0 Å². The number of ether oxygens (including phenoxy) is 1. The lowest BCUT2D eigenvalue weighted by Gasteiger charge is -2.20. The zero-order valence-corrected chi connectivity index (χ0v) is 15.6. The summed E-state index contributed by atoms with van der Waals surface area (Å²) in [7, 11) is 3.60. The SMILES string of the molecule is COc1ccc(Br)cc1CN[C@@H](c1ccc(F)cc1)c1nccn1C. The summed E-state index contributed by atoms with van der Waals surface area (Å²) in [6, 6.07) is 12.2. The lowest BCUT2D eigenvalue weighted by molar-refractivity contribution is 0.406. The Morgan fingerprint density at radius 2 is 2.00 bits per heavy atom. The molecule has 3 aromatic rings. The monoisotopic (exact) mass is 403 g/mol. The van der Waals surface area contributed by atoms with Crippen molar-refractivity contribution in [2.24, 2.45) is 7.05 Å². The van der Waals surface area contributed by atoms with E-state index in [-0.39, 0.29) is 11.9 Å². The number of hydrogen-bond acceptors (Lipinski definition) is 3. The van der Waals surface area contributed by atoms with Crippen LogP contribution in [0.15, 0.2) is 59.3 Å². The molecule has 1 N–H and O–H groups in total. The number of nitrogens with zero attached hydrogens (tertiary/aromatic N) is 2. The van der Waals surface area contributed by atoms with E-state index in [0.717, 1.165) is 27.2 Å². The molecule has 0 fully saturated rings. The quantitative estimate of drug-likeness (QED) is 0.669. The standard InChI is InChI=1S/C19H19BrFN3O/c1-24-10-9-22-19(24)18(13-3-6-16(21)7-4-13)23-12-14-11-15(20)5-8-17(14)25-2/h3-11,18,23H,12H2,1-2H3/t18-/m0/s1. The Kier molecular flexibility index (Phi) is 5.50. The van der Waals surface area contributed by atoms with Gasteiger partial charge in [0.2, 0.25) is 0 Å². The lowest BCUT2D eigenvalue weighted by Crippen LogP contribution is -2.25. The van der Waals surface area contributed by atoms with Crippen molar-refractivity contribution in [2.45, 2.75) is 12.6 Å². The smallest absolute Gasteiger partial charge is 0.130 e. The van der Waals surface area contributed by atoms with E-state index < -0.39 is 0 Å². The predicted molar refractivity (Wildman–Crippen MR) is 99.0 cm³/mol. The second-order valence-electron chi connectivity index (χ2n) is 5.72. The molecule has 0 unspecified atom stereocenters. The van der Waals surface area contributed by atoms with Gasteiger partial charge in [-0.15, -0.1) is 0 Å². The van der Waals surface area contributed by atoms with Crippen molar-refractivity contribution in [3.63, 3.8) is 0 Å². The molecule has 0 radical (unpaired) electrons. The van der Waals surface area contributed by atoms with Gasteiger partial charge in [0.15, 0.2) is 0 Å². The Morgan fingerprint density at radius 3 is 2.64 bits per heavy atom. The molecular formula is C19H19BrFN3O. The summed E-state index contributed by atoms with van der Waals surface area (Å²) in [5, 5.41) is 3.51. The first kappa shape index (κ1) is 17.6. The molecule has 6 heteroatoms. The molecule has 1 aromatic heterocycles. The van der Waals surface area contributed by atoms with E-state index in [2.05, 4.69) is 26.2 Å². The van der Waals surface area contributed by atoms with Crippen LogP contribution < -0.4 is 10.1 Å². The van der Waals surface area contributed by atoms with Crippen LogP contribution in [-0.2, 0) is 13.6 Å². The third-order valence-corrected chi connectivity index (χ3v) is 4.55. The van der Waals surface area contributed by atoms with Crippen LogP contribution in [0.5, 0.6) is 5.75 Å². The largest absolute Gasteiger partial charge is 0.496 e. The summed E-state index contributed by atoms with van der Waals surface area (Å²) in [6.07, 6.45) is 3.65. The molecule has 130 valence electrons. The minimum absolute atomic E-state index is 0.163. The van der Waals surface area contributed by atoms with Gasteiger partial charge in [-0.3, -0.25) is 5.32 Å². The summed E-state index contributed by atoms with van der Waals surface area (Å²) in [6.45, 7) is 0.581. The molecule has 0 aliphatic rings. The number of nitrogens with one attached hydrogen (secondary N) is 1. The molecule has 0 spiro atoms. The highest BCUT2D eigenvalue weighted by Gasteiger charge is 2.18. The number of methoxy groups -OCH3 is 1. The van der Waals surface area contributed by atoms with Crippen molar-refractivity contribution < 1.29 is 9.13 Å². The van der Waals surface area contributed by atoms with E-state index in [4.69, 9.17) is 4.74 Å². The van der Waals surface area contributed by atoms with Gasteiger partial charge in [-0.2, -0.15) is 0 Å². The van der Waals surface area contributed by atoms with Gasteiger partial charge in [0.1, 0.15) is 17.4 Å². The average molecular weight is 404 g/mol.